The number of para-hydroxylation sites is 1. The molecule has 1 saturated heterocycles. The van der Waals surface area contributed by atoms with Gasteiger partial charge in [-0.3, -0.25) is 9.59 Å². The molecule has 1 spiro atoms. The minimum atomic E-state index is -0.485. The molecular weight excluding hydrogens is 354 g/mol. The van der Waals surface area contributed by atoms with Gasteiger partial charge in [0.1, 0.15) is 12.4 Å². The van der Waals surface area contributed by atoms with Crippen LogP contribution in [0.1, 0.15) is 51.0 Å². The second-order valence-electron chi connectivity index (χ2n) is 8.17. The summed E-state index contributed by atoms with van der Waals surface area (Å²) in [5.41, 5.74) is 6.61. The Labute approximate surface area is 167 Å². The summed E-state index contributed by atoms with van der Waals surface area (Å²) < 4.78 is 5.92. The van der Waals surface area contributed by atoms with E-state index in [9.17, 15) is 9.59 Å². The summed E-state index contributed by atoms with van der Waals surface area (Å²) >= 11 is 0. The van der Waals surface area contributed by atoms with Crippen molar-refractivity contribution in [1.82, 2.24) is 10.2 Å². The van der Waals surface area contributed by atoms with E-state index in [1.165, 1.54) is 5.56 Å². The summed E-state index contributed by atoms with van der Waals surface area (Å²) in [4.78, 5) is 27.1. The maximum atomic E-state index is 13.1. The zero-order valence-electron chi connectivity index (χ0n) is 16.9. The van der Waals surface area contributed by atoms with Gasteiger partial charge < -0.3 is 20.7 Å². The quantitative estimate of drug-likeness (QED) is 0.774. The number of nitrogens with two attached hydrogens (primary N) is 1. The van der Waals surface area contributed by atoms with Crippen molar-refractivity contribution in [3.63, 3.8) is 0 Å². The van der Waals surface area contributed by atoms with Gasteiger partial charge in [-0.15, -0.1) is 0 Å². The first-order chi connectivity index (χ1) is 13.5. The number of hydrogen-bond donors (Lipinski definition) is 2. The first-order valence-electron chi connectivity index (χ1n) is 10.6. The molecule has 2 heterocycles. The average Bonchev–Trinajstić information content (AvgIpc) is 2.72. The highest BCUT2D eigenvalue weighted by atomic mass is 16.5. The number of likely N-dealkylation sites (tertiary alicyclic amines) is 1. The monoisotopic (exact) mass is 387 g/mol. The average molecular weight is 388 g/mol. The molecule has 1 aromatic carbocycles. The fourth-order valence-electron chi connectivity index (χ4n) is 4.35. The fourth-order valence-corrected chi connectivity index (χ4v) is 4.35. The van der Waals surface area contributed by atoms with Crippen LogP contribution in [0.3, 0.4) is 0 Å². The first-order valence-corrected chi connectivity index (χ1v) is 10.6. The highest BCUT2D eigenvalue weighted by Crippen LogP contribution is 2.37. The minimum absolute atomic E-state index is 0.0222. The van der Waals surface area contributed by atoms with Gasteiger partial charge in [0, 0.05) is 13.1 Å². The number of aryl methyl sites for hydroxylation is 1. The molecule has 0 radical (unpaired) electrons. The van der Waals surface area contributed by atoms with Crippen molar-refractivity contribution in [2.24, 2.45) is 11.1 Å². The molecule has 28 heavy (non-hydrogen) atoms. The van der Waals surface area contributed by atoms with Crippen molar-refractivity contribution in [2.45, 2.75) is 57.9 Å². The predicted molar refractivity (Wildman–Crippen MR) is 109 cm³/mol. The van der Waals surface area contributed by atoms with E-state index in [0.29, 0.717) is 39.1 Å². The fraction of sp³-hybridized carbons (Fsp3) is 0.636. The van der Waals surface area contributed by atoms with E-state index in [1.807, 2.05) is 23.1 Å². The van der Waals surface area contributed by atoms with Crippen LogP contribution in [0.15, 0.2) is 24.3 Å². The lowest BCUT2D eigenvalue weighted by Crippen LogP contribution is -2.53. The van der Waals surface area contributed by atoms with E-state index in [0.717, 1.165) is 37.9 Å². The lowest BCUT2D eigenvalue weighted by molar-refractivity contribution is -0.141. The molecule has 3 N–H and O–H groups in total. The van der Waals surface area contributed by atoms with Gasteiger partial charge in [-0.2, -0.15) is 0 Å². The normalized spacial score (nSPS) is 21.9. The van der Waals surface area contributed by atoms with Crippen LogP contribution in [0.25, 0.3) is 0 Å². The Hall–Kier alpha value is -2.08. The smallest absolute Gasteiger partial charge is 0.239 e. The van der Waals surface area contributed by atoms with E-state index in [-0.39, 0.29) is 17.2 Å². The molecule has 2 amide bonds. The standard InChI is InChI=1S/C22H33N3O3/c1-17(23)20(26)25-14-11-22(12-15-25)10-6-2-3-7-18-8-4-5-9-19(18)28-16-13-24-21(22)27/h4-5,8-9,17H,2-3,6-7,10-16,23H2,1H3,(H,24,27)/t17-/m1/s1. The van der Waals surface area contributed by atoms with Crippen LogP contribution >= 0.6 is 0 Å². The molecule has 0 bridgehead atoms. The third-order valence-corrected chi connectivity index (χ3v) is 6.12. The molecule has 1 fully saturated rings. The van der Waals surface area contributed by atoms with E-state index < -0.39 is 6.04 Å². The van der Waals surface area contributed by atoms with Gasteiger partial charge in [-0.1, -0.05) is 31.0 Å². The lowest BCUT2D eigenvalue weighted by Gasteiger charge is -2.41. The van der Waals surface area contributed by atoms with Gasteiger partial charge in [-0.25, -0.2) is 0 Å². The molecule has 6 nitrogen and oxygen atoms in total. The topological polar surface area (TPSA) is 84.7 Å². The van der Waals surface area contributed by atoms with Crippen LogP contribution in [0.2, 0.25) is 0 Å². The van der Waals surface area contributed by atoms with Gasteiger partial charge in [0.2, 0.25) is 11.8 Å². The zero-order chi connectivity index (χ0) is 20.0. The number of ether oxygens (including phenoxy) is 1. The Balaban J connectivity index is 1.65. The summed E-state index contributed by atoms with van der Waals surface area (Å²) in [6.45, 7) is 3.90. The summed E-state index contributed by atoms with van der Waals surface area (Å²) in [5, 5.41) is 3.09. The van der Waals surface area contributed by atoms with Crippen molar-refractivity contribution in [1.29, 1.82) is 0 Å². The Morgan fingerprint density at radius 2 is 1.93 bits per heavy atom. The summed E-state index contributed by atoms with van der Waals surface area (Å²) in [6, 6.07) is 7.68. The van der Waals surface area contributed by atoms with E-state index in [1.54, 1.807) is 6.92 Å². The molecule has 6 heteroatoms. The van der Waals surface area contributed by atoms with Crippen molar-refractivity contribution in [2.75, 3.05) is 26.2 Å². The Kier molecular flexibility index (Phi) is 6.94. The predicted octanol–water partition coefficient (Wildman–Crippen LogP) is 2.25. The molecular formula is C22H33N3O3. The number of nitrogens with zero attached hydrogens (tertiary/aromatic N) is 1. The second-order valence-corrected chi connectivity index (χ2v) is 8.17. The van der Waals surface area contributed by atoms with Crippen LogP contribution in [0.5, 0.6) is 5.75 Å². The van der Waals surface area contributed by atoms with Crippen molar-refractivity contribution < 1.29 is 14.3 Å². The van der Waals surface area contributed by atoms with Crippen molar-refractivity contribution in [3.8, 4) is 5.75 Å². The van der Waals surface area contributed by atoms with Crippen molar-refractivity contribution in [3.05, 3.63) is 29.8 Å². The van der Waals surface area contributed by atoms with Gasteiger partial charge in [0.25, 0.3) is 0 Å². The maximum Gasteiger partial charge on any atom is 0.239 e. The van der Waals surface area contributed by atoms with E-state index >= 15 is 0 Å². The molecule has 3 rings (SSSR count). The Morgan fingerprint density at radius 1 is 1.18 bits per heavy atom. The van der Waals surface area contributed by atoms with Crippen LogP contribution in [0, 0.1) is 5.41 Å². The van der Waals surface area contributed by atoms with Crippen LogP contribution < -0.4 is 15.8 Å². The molecule has 1 aromatic rings. The first kappa shape index (κ1) is 20.6. The molecule has 0 aliphatic carbocycles. The zero-order valence-corrected chi connectivity index (χ0v) is 16.9. The number of hydrogen-bond acceptors (Lipinski definition) is 4. The van der Waals surface area contributed by atoms with E-state index in [2.05, 4.69) is 11.4 Å². The highest BCUT2D eigenvalue weighted by molar-refractivity contribution is 5.84. The van der Waals surface area contributed by atoms with E-state index in [4.69, 9.17) is 10.5 Å². The van der Waals surface area contributed by atoms with Crippen LogP contribution in [-0.2, 0) is 16.0 Å². The molecule has 0 unspecified atom stereocenters. The van der Waals surface area contributed by atoms with Gasteiger partial charge in [0.05, 0.1) is 18.0 Å². The lowest BCUT2D eigenvalue weighted by atomic mass is 9.73. The molecule has 2 aliphatic heterocycles. The molecule has 2 aliphatic rings. The molecule has 154 valence electrons. The summed E-state index contributed by atoms with van der Waals surface area (Å²) in [6.07, 6.45) is 6.50. The number of rotatable bonds is 1. The number of benzene rings is 1. The minimum Gasteiger partial charge on any atom is -0.491 e. The second kappa shape index (κ2) is 9.41. The largest absolute Gasteiger partial charge is 0.491 e. The summed E-state index contributed by atoms with van der Waals surface area (Å²) in [5.74, 6) is 1.01. The Morgan fingerprint density at radius 3 is 2.68 bits per heavy atom. The third kappa shape index (κ3) is 4.85. The SMILES string of the molecule is C[C@@H](N)C(=O)N1CCC2(CCCCCc3ccccc3OCCNC2=O)CC1. The van der Waals surface area contributed by atoms with Crippen molar-refractivity contribution >= 4 is 11.8 Å². The number of carbonyl (C=O) groups excluding carboxylic acids is 2. The number of amides is 2. The van der Waals surface area contributed by atoms with Crippen LogP contribution in [0.4, 0.5) is 0 Å². The van der Waals surface area contributed by atoms with Crippen LogP contribution in [-0.4, -0.2) is 49.0 Å². The highest BCUT2D eigenvalue weighted by Gasteiger charge is 2.41. The molecule has 1 atom stereocenters. The number of fused-ring (bicyclic) bond motifs is 1. The number of nitrogens with one attached hydrogen (secondary N) is 1. The van der Waals surface area contributed by atoms with Gasteiger partial charge >= 0.3 is 0 Å². The third-order valence-electron chi connectivity index (χ3n) is 6.12. The van der Waals surface area contributed by atoms with Gasteiger partial charge in [-0.05, 0) is 50.7 Å². The number of carbonyl (C=O) groups is 2. The molecule has 0 saturated carbocycles. The Bertz CT molecular complexity index is 681. The van der Waals surface area contributed by atoms with Gasteiger partial charge in [0.15, 0.2) is 0 Å². The summed E-state index contributed by atoms with van der Waals surface area (Å²) in [7, 11) is 0. The maximum absolute atomic E-state index is 13.1. The number of piperidine rings is 1. The molecule has 0 aromatic heterocycles.